The molecule has 0 spiro atoms. The highest BCUT2D eigenvalue weighted by molar-refractivity contribution is 6.00. The first-order valence-corrected chi connectivity index (χ1v) is 23.4. The molecule has 6 aromatic rings. The second-order valence-electron chi connectivity index (χ2n) is 17.9. The second kappa shape index (κ2) is 21.3. The lowest BCUT2D eigenvalue weighted by Gasteiger charge is -2.36. The molecule has 2 N–H and O–H groups in total. The molecule has 18 nitrogen and oxygen atoms in total. The Hall–Kier alpha value is -7.63. The quantitative estimate of drug-likeness (QED) is 0.129. The molecule has 4 aliphatic heterocycles. The summed E-state index contributed by atoms with van der Waals surface area (Å²) in [7, 11) is 0. The number of benzene rings is 2. The van der Waals surface area contributed by atoms with Crippen molar-refractivity contribution in [3.05, 3.63) is 114 Å². The summed E-state index contributed by atoms with van der Waals surface area (Å²) >= 11 is 0. The third kappa shape index (κ3) is 10.8. The molecule has 4 saturated heterocycles. The van der Waals surface area contributed by atoms with E-state index in [-0.39, 0.29) is 60.5 Å². The number of nitrogens with one attached hydrogen (secondary N) is 1. The van der Waals surface area contributed by atoms with Gasteiger partial charge in [-0.25, -0.2) is 18.3 Å². The number of rotatable bonds is 11. The second-order valence-corrected chi connectivity index (χ2v) is 17.9. The van der Waals surface area contributed by atoms with Crippen LogP contribution in [0.25, 0.3) is 28.0 Å². The molecule has 4 fully saturated rings. The summed E-state index contributed by atoms with van der Waals surface area (Å²) in [6, 6.07) is 18.2. The fourth-order valence-electron chi connectivity index (χ4n) is 9.80. The molecule has 8 heterocycles. The number of imide groups is 1. The Balaban J connectivity index is 0.00000198. The Morgan fingerprint density at radius 2 is 1.63 bits per heavy atom. The number of ether oxygens (including phenoxy) is 1. The van der Waals surface area contributed by atoms with E-state index in [1.54, 1.807) is 29.0 Å². The van der Waals surface area contributed by atoms with E-state index >= 15 is 4.39 Å². The van der Waals surface area contributed by atoms with E-state index in [2.05, 4.69) is 48.3 Å². The van der Waals surface area contributed by atoms with Gasteiger partial charge in [-0.1, -0.05) is 18.2 Å². The number of anilines is 1. The van der Waals surface area contributed by atoms with E-state index in [9.17, 15) is 24.0 Å². The van der Waals surface area contributed by atoms with Crippen molar-refractivity contribution in [2.75, 3.05) is 63.8 Å². The van der Waals surface area contributed by atoms with E-state index in [4.69, 9.17) is 24.7 Å². The van der Waals surface area contributed by atoms with E-state index in [0.29, 0.717) is 67.3 Å². The zero-order valence-corrected chi connectivity index (χ0v) is 38.4. The van der Waals surface area contributed by atoms with Gasteiger partial charge >= 0.3 is 0 Å². The lowest BCUT2D eigenvalue weighted by Crippen LogP contribution is -2.46. The van der Waals surface area contributed by atoms with Crippen LogP contribution in [0.2, 0.25) is 0 Å². The van der Waals surface area contributed by atoms with Crippen molar-refractivity contribution in [1.29, 1.82) is 5.26 Å². The van der Waals surface area contributed by atoms with Crippen LogP contribution < -0.4 is 15.0 Å². The number of carbonyl (C=O) groups is 4. The summed E-state index contributed by atoms with van der Waals surface area (Å²) in [4.78, 5) is 63.5. The van der Waals surface area contributed by atoms with E-state index < -0.39 is 12.0 Å². The summed E-state index contributed by atoms with van der Waals surface area (Å²) in [6.07, 6.45) is 11.2. The van der Waals surface area contributed by atoms with Gasteiger partial charge in [-0.05, 0) is 80.6 Å². The van der Waals surface area contributed by atoms with Crippen molar-refractivity contribution < 1.29 is 37.8 Å². The molecule has 1 unspecified atom stereocenters. The topological polar surface area (TPSA) is 207 Å². The molecule has 362 valence electrons. The van der Waals surface area contributed by atoms with Crippen molar-refractivity contribution in [2.45, 2.75) is 63.1 Å². The highest BCUT2D eigenvalue weighted by atomic mass is 19.1. The number of piperidine rings is 3. The van der Waals surface area contributed by atoms with Gasteiger partial charge in [-0.15, -0.1) is 0 Å². The average Bonchev–Trinajstić information content (AvgIpc) is 4.04. The Bertz CT molecular complexity index is 2900. The standard InChI is InChI=1S/C49H50F2N12O4.CH2O2/c50-36-9-14-53-37(23-36)29-59-19-21-60(22-20-59)38-3-1-33(2-4-38)47-48-34(25-52)26-55-63(48)30-43(56-47)35-27-54-62(28-35)39-12-17-61(18-13-39)46(65)31-58-15-10-32(11-16-58)41-6-5-40(24-42(41)51)67-44-7-8-45(64)57-49(44)66;2-1-3/h1-6,9,14,23-24,26-28,30,32,39,44H,7-8,10-13,15-22,29,31H2,(H,57,64,66);1H,(H,2,3). The van der Waals surface area contributed by atoms with Crippen molar-refractivity contribution in [1.82, 2.24) is 49.4 Å². The van der Waals surface area contributed by atoms with Crippen LogP contribution in [0.1, 0.15) is 67.3 Å². The van der Waals surface area contributed by atoms with Crippen LogP contribution >= 0.6 is 0 Å². The number of aromatic nitrogens is 6. The summed E-state index contributed by atoms with van der Waals surface area (Å²) in [6.45, 7) is 6.57. The van der Waals surface area contributed by atoms with Crippen molar-refractivity contribution in [2.24, 2.45) is 0 Å². The van der Waals surface area contributed by atoms with E-state index in [1.807, 2.05) is 34.1 Å². The third-order valence-corrected chi connectivity index (χ3v) is 13.6. The molecular weight excluding hydrogens is 903 g/mol. The average molecular weight is 955 g/mol. The number of hydrogen-bond acceptors (Lipinski definition) is 13. The molecule has 0 radical (unpaired) electrons. The zero-order chi connectivity index (χ0) is 48.7. The number of nitriles is 1. The monoisotopic (exact) mass is 954 g/mol. The zero-order valence-electron chi connectivity index (χ0n) is 38.4. The van der Waals surface area contributed by atoms with Crippen molar-refractivity contribution in [3.63, 3.8) is 0 Å². The molecule has 70 heavy (non-hydrogen) atoms. The predicted molar refractivity (Wildman–Crippen MR) is 251 cm³/mol. The van der Waals surface area contributed by atoms with Crippen LogP contribution in [0.5, 0.6) is 5.75 Å². The first kappa shape index (κ1) is 47.4. The fourth-order valence-corrected chi connectivity index (χ4v) is 9.80. The van der Waals surface area contributed by atoms with Crippen molar-refractivity contribution in [3.8, 4) is 34.3 Å². The van der Waals surface area contributed by atoms with Gasteiger partial charge < -0.3 is 19.6 Å². The number of pyridine rings is 1. The van der Waals surface area contributed by atoms with Crippen LogP contribution in [0.4, 0.5) is 14.5 Å². The molecule has 20 heteroatoms. The Morgan fingerprint density at radius 3 is 2.33 bits per heavy atom. The van der Waals surface area contributed by atoms with Crippen LogP contribution in [0.15, 0.2) is 85.6 Å². The Kier molecular flexibility index (Phi) is 14.5. The summed E-state index contributed by atoms with van der Waals surface area (Å²) < 4.78 is 38.3. The molecule has 4 aromatic heterocycles. The summed E-state index contributed by atoms with van der Waals surface area (Å²) in [5, 5.41) is 28.4. The third-order valence-electron chi connectivity index (χ3n) is 13.6. The maximum absolute atomic E-state index is 15.3. The van der Waals surface area contributed by atoms with Gasteiger partial charge in [-0.2, -0.15) is 15.5 Å². The molecule has 3 amide bonds. The number of carboxylic acid groups (broad SMARTS) is 1. The number of hydrogen-bond donors (Lipinski definition) is 2. The van der Waals surface area contributed by atoms with Crippen LogP contribution in [0.3, 0.4) is 0 Å². The molecule has 1 atom stereocenters. The van der Waals surface area contributed by atoms with Gasteiger partial charge in [0.2, 0.25) is 11.8 Å². The smallest absolute Gasteiger partial charge is 0.290 e. The number of piperazine rings is 1. The maximum atomic E-state index is 15.3. The van der Waals surface area contributed by atoms with Gasteiger partial charge in [0.25, 0.3) is 12.4 Å². The summed E-state index contributed by atoms with van der Waals surface area (Å²) in [5.74, 6) is -1.15. The van der Waals surface area contributed by atoms with Gasteiger partial charge in [0.1, 0.15) is 34.5 Å². The minimum absolute atomic E-state index is 0.00818. The summed E-state index contributed by atoms with van der Waals surface area (Å²) in [5.41, 5.74) is 6.47. The van der Waals surface area contributed by atoms with Crippen LogP contribution in [-0.4, -0.2) is 138 Å². The lowest BCUT2D eigenvalue weighted by molar-refractivity contribution is -0.139. The highest BCUT2D eigenvalue weighted by Gasteiger charge is 2.31. The van der Waals surface area contributed by atoms with Crippen LogP contribution in [0, 0.1) is 23.0 Å². The minimum atomic E-state index is -0.826. The van der Waals surface area contributed by atoms with Gasteiger partial charge in [-0.3, -0.25) is 44.0 Å². The van der Waals surface area contributed by atoms with Gasteiger partial charge in [0, 0.05) is 93.9 Å². The molecule has 2 aromatic carbocycles. The Labute approximate surface area is 402 Å². The largest absolute Gasteiger partial charge is 0.483 e. The number of halogens is 2. The first-order chi connectivity index (χ1) is 34.0. The van der Waals surface area contributed by atoms with Gasteiger partial charge in [0.05, 0.1) is 48.3 Å². The van der Waals surface area contributed by atoms with Crippen molar-refractivity contribution >= 4 is 35.4 Å². The fraction of sp³-hybridized carbons (Fsp3) is 0.380. The number of fused-ring (bicyclic) bond motifs is 1. The molecule has 0 aliphatic carbocycles. The molecule has 10 rings (SSSR count). The van der Waals surface area contributed by atoms with E-state index in [0.717, 1.165) is 74.4 Å². The number of nitrogens with zero attached hydrogens (tertiary/aromatic N) is 11. The SMILES string of the molecule is N#Cc1cnn2cc(-c3cnn(C4CCN(C(=O)CN5CCC(c6ccc(OC7CCC(=O)NC7=O)cc6F)CC5)CC4)c3)nc(-c3ccc(N4CCN(Cc5cc(F)ccn5)CC4)cc3)c12.O=CO. The molecular formula is C50H52F2N12O6. The lowest BCUT2D eigenvalue weighted by atomic mass is 9.89. The molecule has 0 saturated carbocycles. The first-order valence-electron chi connectivity index (χ1n) is 23.4. The normalized spacial score (nSPS) is 18.5. The maximum Gasteiger partial charge on any atom is 0.290 e. The molecule has 4 aliphatic rings. The number of carbonyl (C=O) groups excluding carboxylic acids is 3. The molecule has 0 bridgehead atoms. The Morgan fingerprint density at radius 1 is 0.871 bits per heavy atom. The minimum Gasteiger partial charge on any atom is -0.483 e. The van der Waals surface area contributed by atoms with Crippen LogP contribution in [-0.2, 0) is 25.7 Å². The number of likely N-dealkylation sites (tertiary alicyclic amines) is 2. The predicted octanol–water partition coefficient (Wildman–Crippen LogP) is 5.05. The number of amides is 3. The van der Waals surface area contributed by atoms with E-state index in [1.165, 1.54) is 24.4 Å². The highest BCUT2D eigenvalue weighted by Crippen LogP contribution is 2.34. The van der Waals surface area contributed by atoms with Gasteiger partial charge in [0.15, 0.2) is 6.10 Å².